The van der Waals surface area contributed by atoms with Crippen molar-refractivity contribution in [3.05, 3.63) is 42.2 Å². The third-order valence-electron chi connectivity index (χ3n) is 6.52. The molecule has 2 unspecified atom stereocenters. The maximum Gasteiger partial charge on any atom is 0.252 e. The van der Waals surface area contributed by atoms with Gasteiger partial charge < -0.3 is 10.2 Å². The van der Waals surface area contributed by atoms with Crippen LogP contribution in [0.15, 0.2) is 35.8 Å². The molecule has 11 heteroatoms. The third-order valence-corrected chi connectivity index (χ3v) is 6.52. The molecule has 2 atom stereocenters. The number of ketones is 2. The Morgan fingerprint density at radius 2 is 2.16 bits per heavy atom. The number of benzene rings is 1. The van der Waals surface area contributed by atoms with Crippen molar-refractivity contribution in [3.63, 3.8) is 0 Å². The van der Waals surface area contributed by atoms with E-state index in [9.17, 15) is 18.8 Å². The zero-order chi connectivity index (χ0) is 22.5. The van der Waals surface area contributed by atoms with Gasteiger partial charge in [0, 0.05) is 26.1 Å². The standard InChI is InChI=1S/C21H22FN7O3/c1-27-6-7-28-10-16(30)18(26-20(28)21(27)5-4-17(21)31)19(32)24-9-13-2-3-14(22)8-15(13)29-12-23-11-25-29/h2-3,8,11-12,18H,4-7,9-10H2,1H3,(H,24,32). The van der Waals surface area contributed by atoms with Gasteiger partial charge in [-0.1, -0.05) is 6.07 Å². The summed E-state index contributed by atoms with van der Waals surface area (Å²) in [6.45, 7) is 1.35. The Labute approximate surface area is 183 Å². The number of Topliss-reactive ketones (excluding diaryl/α,β-unsaturated/α-hetero) is 2. The maximum atomic E-state index is 13.8. The molecular formula is C21H22FN7O3. The first-order chi connectivity index (χ1) is 15.4. The monoisotopic (exact) mass is 439 g/mol. The lowest BCUT2D eigenvalue weighted by atomic mass is 9.71. The highest BCUT2D eigenvalue weighted by Crippen LogP contribution is 2.39. The van der Waals surface area contributed by atoms with Gasteiger partial charge in [-0.05, 0) is 31.2 Å². The van der Waals surface area contributed by atoms with Gasteiger partial charge in [0.25, 0.3) is 5.91 Å². The number of aliphatic imine (C=N–C) groups is 1. The summed E-state index contributed by atoms with van der Waals surface area (Å²) in [5, 5.41) is 6.75. The number of hydrogen-bond donors (Lipinski definition) is 1. The van der Waals surface area contributed by atoms with Gasteiger partial charge in [-0.25, -0.2) is 19.0 Å². The van der Waals surface area contributed by atoms with Crippen LogP contribution in [0.1, 0.15) is 18.4 Å². The molecule has 1 N–H and O–H groups in total. The summed E-state index contributed by atoms with van der Waals surface area (Å²) in [6, 6.07) is 2.91. The zero-order valence-electron chi connectivity index (χ0n) is 17.5. The number of piperazine rings is 1. The van der Waals surface area contributed by atoms with E-state index in [1.165, 1.54) is 29.5 Å². The number of halogens is 1. The highest BCUT2D eigenvalue weighted by Gasteiger charge is 2.58. The molecule has 3 aliphatic rings. The van der Waals surface area contributed by atoms with E-state index in [-0.39, 0.29) is 24.7 Å². The number of hydrogen-bond acceptors (Lipinski definition) is 8. The molecule has 1 aliphatic carbocycles. The minimum Gasteiger partial charge on any atom is -0.350 e. The van der Waals surface area contributed by atoms with E-state index in [1.807, 2.05) is 16.8 Å². The van der Waals surface area contributed by atoms with Crippen LogP contribution in [0.4, 0.5) is 4.39 Å². The van der Waals surface area contributed by atoms with Gasteiger partial charge in [-0.3, -0.25) is 19.3 Å². The number of rotatable bonds is 4. The summed E-state index contributed by atoms with van der Waals surface area (Å²) in [5.41, 5.74) is 0.211. The van der Waals surface area contributed by atoms with Crippen LogP contribution < -0.4 is 5.32 Å². The van der Waals surface area contributed by atoms with E-state index in [0.29, 0.717) is 43.0 Å². The average Bonchev–Trinajstić information content (AvgIpc) is 3.31. The molecule has 2 aromatic rings. The van der Waals surface area contributed by atoms with E-state index >= 15 is 0 Å². The molecule has 5 rings (SSSR count). The van der Waals surface area contributed by atoms with Crippen LogP contribution in [0.25, 0.3) is 5.69 Å². The molecule has 2 aliphatic heterocycles. The van der Waals surface area contributed by atoms with Gasteiger partial charge in [-0.2, -0.15) is 5.10 Å². The molecule has 166 valence electrons. The maximum absolute atomic E-state index is 13.8. The molecule has 0 bridgehead atoms. The van der Waals surface area contributed by atoms with Gasteiger partial charge >= 0.3 is 0 Å². The smallest absolute Gasteiger partial charge is 0.252 e. The molecule has 2 fully saturated rings. The number of aromatic nitrogens is 3. The Bertz CT molecular complexity index is 1130. The van der Waals surface area contributed by atoms with Crippen LogP contribution in [0.2, 0.25) is 0 Å². The number of amides is 1. The van der Waals surface area contributed by atoms with Crippen molar-refractivity contribution in [3.8, 4) is 5.69 Å². The lowest BCUT2D eigenvalue weighted by Crippen LogP contribution is -2.74. The van der Waals surface area contributed by atoms with Crippen molar-refractivity contribution in [2.45, 2.75) is 31.0 Å². The van der Waals surface area contributed by atoms with Gasteiger partial charge in [0.1, 0.15) is 29.8 Å². The highest BCUT2D eigenvalue weighted by atomic mass is 19.1. The normalized spacial score (nSPS) is 25.4. The molecule has 1 aromatic carbocycles. The summed E-state index contributed by atoms with van der Waals surface area (Å²) >= 11 is 0. The quantitative estimate of drug-likeness (QED) is 0.652. The number of nitrogens with zero attached hydrogens (tertiary/aromatic N) is 6. The SMILES string of the molecule is CN1CCN2CC(=O)C(C(=O)NCc3ccc(F)cc3-n3cncn3)N=C2C12CCC2=O. The predicted molar refractivity (Wildman–Crippen MR) is 111 cm³/mol. The minimum atomic E-state index is -1.21. The second-order valence-corrected chi connectivity index (χ2v) is 8.28. The number of carbonyl (C=O) groups is 3. The molecule has 10 nitrogen and oxygen atoms in total. The van der Waals surface area contributed by atoms with Crippen molar-refractivity contribution in [1.29, 1.82) is 0 Å². The van der Waals surface area contributed by atoms with Crippen LogP contribution in [0.5, 0.6) is 0 Å². The Hall–Kier alpha value is -3.47. The van der Waals surface area contributed by atoms with Gasteiger partial charge in [0.05, 0.1) is 12.2 Å². The number of carbonyl (C=O) groups excluding carboxylic acids is 3. The summed E-state index contributed by atoms with van der Waals surface area (Å²) in [7, 11) is 1.88. The third kappa shape index (κ3) is 3.11. The van der Waals surface area contributed by atoms with Crippen LogP contribution in [-0.2, 0) is 20.9 Å². The van der Waals surface area contributed by atoms with Gasteiger partial charge in [-0.15, -0.1) is 0 Å². The lowest BCUT2D eigenvalue weighted by Gasteiger charge is -2.55. The van der Waals surface area contributed by atoms with E-state index in [4.69, 9.17) is 0 Å². The summed E-state index contributed by atoms with van der Waals surface area (Å²) in [5.74, 6) is -0.719. The number of likely N-dealkylation sites (N-methyl/N-ethyl adjacent to an activating group) is 1. The fourth-order valence-corrected chi connectivity index (χ4v) is 4.63. The van der Waals surface area contributed by atoms with Crippen LogP contribution >= 0.6 is 0 Å². The van der Waals surface area contributed by atoms with Gasteiger partial charge in [0.15, 0.2) is 17.6 Å². The molecule has 32 heavy (non-hydrogen) atoms. The molecule has 0 radical (unpaired) electrons. The van der Waals surface area contributed by atoms with E-state index in [1.54, 1.807) is 6.07 Å². The molecule has 1 saturated heterocycles. The minimum absolute atomic E-state index is 0.0522. The zero-order valence-corrected chi connectivity index (χ0v) is 17.5. The van der Waals surface area contributed by atoms with Crippen LogP contribution in [0, 0.1) is 5.82 Å². The molecule has 1 spiro atoms. The number of amidine groups is 1. The van der Waals surface area contributed by atoms with Crippen molar-refractivity contribution in [1.82, 2.24) is 29.9 Å². The van der Waals surface area contributed by atoms with Crippen molar-refractivity contribution < 1.29 is 18.8 Å². The first-order valence-electron chi connectivity index (χ1n) is 10.4. The van der Waals surface area contributed by atoms with Crippen molar-refractivity contribution >= 4 is 23.3 Å². The largest absolute Gasteiger partial charge is 0.350 e. The molecule has 1 saturated carbocycles. The molecule has 1 aromatic heterocycles. The average molecular weight is 439 g/mol. The predicted octanol–water partition coefficient (Wildman–Crippen LogP) is -0.278. The summed E-state index contributed by atoms with van der Waals surface area (Å²) < 4.78 is 15.2. The van der Waals surface area contributed by atoms with E-state index in [2.05, 4.69) is 20.4 Å². The Balaban J connectivity index is 1.38. The summed E-state index contributed by atoms with van der Waals surface area (Å²) in [6.07, 6.45) is 3.86. The fraction of sp³-hybridized carbons (Fsp3) is 0.429. The molecule has 3 heterocycles. The van der Waals surface area contributed by atoms with E-state index < -0.39 is 23.3 Å². The fourth-order valence-electron chi connectivity index (χ4n) is 4.63. The topological polar surface area (TPSA) is 113 Å². The Morgan fingerprint density at radius 3 is 2.84 bits per heavy atom. The molecule has 1 amide bonds. The summed E-state index contributed by atoms with van der Waals surface area (Å²) in [4.78, 5) is 50.3. The second-order valence-electron chi connectivity index (χ2n) is 8.28. The van der Waals surface area contributed by atoms with Crippen molar-refractivity contribution in [2.24, 2.45) is 4.99 Å². The lowest BCUT2D eigenvalue weighted by molar-refractivity contribution is -0.139. The number of nitrogens with one attached hydrogen (secondary N) is 1. The van der Waals surface area contributed by atoms with E-state index in [0.717, 1.165) is 0 Å². The van der Waals surface area contributed by atoms with Crippen LogP contribution in [-0.4, -0.2) is 86.1 Å². The Morgan fingerprint density at radius 1 is 1.31 bits per heavy atom. The van der Waals surface area contributed by atoms with Crippen molar-refractivity contribution in [2.75, 3.05) is 26.7 Å². The second kappa shape index (κ2) is 7.59. The first-order valence-corrected chi connectivity index (χ1v) is 10.4. The highest BCUT2D eigenvalue weighted by molar-refractivity contribution is 6.21. The Kier molecular flexibility index (Phi) is 4.85. The number of fused-ring (bicyclic) bond motifs is 2. The van der Waals surface area contributed by atoms with Crippen LogP contribution in [0.3, 0.4) is 0 Å². The van der Waals surface area contributed by atoms with Gasteiger partial charge in [0.2, 0.25) is 0 Å². The first kappa shape index (κ1) is 20.4. The molecular weight excluding hydrogens is 417 g/mol.